The molecule has 20 heavy (non-hydrogen) atoms. The van der Waals surface area contributed by atoms with E-state index >= 15 is 0 Å². The highest BCUT2D eigenvalue weighted by molar-refractivity contribution is 9.10. The number of nitrogens with one attached hydrogen (secondary N) is 1. The monoisotopic (exact) mass is 394 g/mol. The van der Waals surface area contributed by atoms with E-state index in [1.54, 1.807) is 11.3 Å². The highest BCUT2D eigenvalue weighted by Gasteiger charge is 2.14. The van der Waals surface area contributed by atoms with Gasteiger partial charge >= 0.3 is 0 Å². The number of anilines is 1. The summed E-state index contributed by atoms with van der Waals surface area (Å²) in [7, 11) is -3.74. The number of rotatable bonds is 4. The molecular weight excluding hydrogens is 384 g/mol. The molecule has 1 atom stereocenters. The van der Waals surface area contributed by atoms with E-state index in [1.165, 1.54) is 18.2 Å². The molecule has 0 bridgehead atoms. The fourth-order valence-corrected chi connectivity index (χ4v) is 3.82. The van der Waals surface area contributed by atoms with Gasteiger partial charge < -0.3 is 5.32 Å². The molecule has 0 aliphatic carbocycles. The van der Waals surface area contributed by atoms with Crippen molar-refractivity contribution >= 4 is 54.6 Å². The second kappa shape index (κ2) is 6.03. The number of benzene rings is 1. The van der Waals surface area contributed by atoms with Crippen LogP contribution in [0.3, 0.4) is 0 Å². The van der Waals surface area contributed by atoms with E-state index < -0.39 is 10.0 Å². The Morgan fingerprint density at radius 3 is 2.65 bits per heavy atom. The Kier molecular flexibility index (Phi) is 4.76. The van der Waals surface area contributed by atoms with E-state index in [9.17, 15) is 8.42 Å². The van der Waals surface area contributed by atoms with Gasteiger partial charge in [-0.25, -0.2) is 13.6 Å². The van der Waals surface area contributed by atoms with Crippen LogP contribution in [0.1, 0.15) is 17.8 Å². The van der Waals surface area contributed by atoms with E-state index in [0.717, 1.165) is 9.35 Å². The van der Waals surface area contributed by atoms with Gasteiger partial charge in [-0.1, -0.05) is 11.6 Å². The maximum absolute atomic E-state index is 11.4. The van der Waals surface area contributed by atoms with Gasteiger partial charge in [0.25, 0.3) is 0 Å². The zero-order valence-electron chi connectivity index (χ0n) is 10.4. The largest absolute Gasteiger partial charge is 0.376 e. The van der Waals surface area contributed by atoms with Crippen LogP contribution in [-0.4, -0.2) is 8.42 Å². The molecule has 3 N–H and O–H groups in total. The SMILES string of the molecule is CC(Nc1cc(S(N)(=O)=O)ccc1Cl)c1cc(Br)cs1. The summed E-state index contributed by atoms with van der Waals surface area (Å²) in [5.74, 6) is 0. The van der Waals surface area contributed by atoms with Crippen molar-refractivity contribution in [1.82, 2.24) is 0 Å². The molecule has 1 heterocycles. The summed E-state index contributed by atoms with van der Waals surface area (Å²) in [6.07, 6.45) is 0. The highest BCUT2D eigenvalue weighted by atomic mass is 79.9. The molecule has 0 fully saturated rings. The number of primary sulfonamides is 1. The second-order valence-electron chi connectivity index (χ2n) is 4.22. The van der Waals surface area contributed by atoms with Gasteiger partial charge in [0, 0.05) is 14.7 Å². The molecule has 0 spiro atoms. The molecule has 8 heteroatoms. The average Bonchev–Trinajstić information content (AvgIpc) is 2.77. The van der Waals surface area contributed by atoms with Gasteiger partial charge in [-0.15, -0.1) is 11.3 Å². The average molecular weight is 396 g/mol. The minimum Gasteiger partial charge on any atom is -0.376 e. The predicted octanol–water partition coefficient (Wildman–Crippen LogP) is 3.98. The summed E-state index contributed by atoms with van der Waals surface area (Å²) in [6.45, 7) is 1.97. The first-order valence-corrected chi connectivity index (χ1v) is 9.20. The fourth-order valence-electron chi connectivity index (χ4n) is 1.65. The number of hydrogen-bond donors (Lipinski definition) is 2. The summed E-state index contributed by atoms with van der Waals surface area (Å²) in [5.41, 5.74) is 0.537. The summed E-state index contributed by atoms with van der Waals surface area (Å²) in [4.78, 5) is 1.14. The molecule has 4 nitrogen and oxygen atoms in total. The van der Waals surface area contributed by atoms with Crippen molar-refractivity contribution in [3.8, 4) is 0 Å². The van der Waals surface area contributed by atoms with Gasteiger partial charge in [-0.2, -0.15) is 0 Å². The number of halogens is 2. The number of hydrogen-bond acceptors (Lipinski definition) is 4. The van der Waals surface area contributed by atoms with Crippen LogP contribution in [0, 0.1) is 0 Å². The molecule has 1 aromatic carbocycles. The number of sulfonamides is 1. The van der Waals surface area contributed by atoms with Crippen LogP contribution in [-0.2, 0) is 10.0 Å². The van der Waals surface area contributed by atoms with Crippen molar-refractivity contribution in [1.29, 1.82) is 0 Å². The maximum atomic E-state index is 11.4. The third kappa shape index (κ3) is 3.73. The topological polar surface area (TPSA) is 72.2 Å². The molecular formula is C12H12BrClN2O2S2. The van der Waals surface area contributed by atoms with Crippen molar-refractivity contribution in [2.45, 2.75) is 17.9 Å². The van der Waals surface area contributed by atoms with Crippen LogP contribution < -0.4 is 10.5 Å². The Morgan fingerprint density at radius 2 is 2.10 bits per heavy atom. The zero-order valence-corrected chi connectivity index (χ0v) is 14.4. The van der Waals surface area contributed by atoms with Crippen LogP contribution in [0.4, 0.5) is 5.69 Å². The first-order valence-electron chi connectivity index (χ1n) is 5.60. The first-order chi connectivity index (χ1) is 9.27. The normalized spacial score (nSPS) is 13.2. The van der Waals surface area contributed by atoms with Crippen molar-refractivity contribution in [2.24, 2.45) is 5.14 Å². The van der Waals surface area contributed by atoms with Crippen molar-refractivity contribution in [3.05, 3.63) is 44.0 Å². The van der Waals surface area contributed by atoms with Crippen LogP contribution in [0.2, 0.25) is 5.02 Å². The Balaban J connectivity index is 2.29. The van der Waals surface area contributed by atoms with Crippen molar-refractivity contribution < 1.29 is 8.42 Å². The summed E-state index contributed by atoms with van der Waals surface area (Å²) >= 11 is 11.1. The lowest BCUT2D eigenvalue weighted by Gasteiger charge is -2.15. The molecule has 2 rings (SSSR count). The number of thiophene rings is 1. The Morgan fingerprint density at radius 1 is 1.40 bits per heavy atom. The lowest BCUT2D eigenvalue weighted by molar-refractivity contribution is 0.598. The van der Waals surface area contributed by atoms with E-state index in [2.05, 4.69) is 21.2 Å². The molecule has 0 aliphatic rings. The van der Waals surface area contributed by atoms with Crippen LogP contribution in [0.25, 0.3) is 0 Å². The first kappa shape index (κ1) is 15.8. The third-order valence-corrected chi connectivity index (χ3v) is 5.77. The van der Waals surface area contributed by atoms with E-state index in [1.807, 2.05) is 18.4 Å². The smallest absolute Gasteiger partial charge is 0.238 e. The molecule has 0 saturated carbocycles. The molecule has 1 unspecified atom stereocenters. The lowest BCUT2D eigenvalue weighted by Crippen LogP contribution is -2.13. The Bertz CT molecular complexity index is 731. The number of nitrogens with two attached hydrogens (primary N) is 1. The molecule has 0 saturated heterocycles. The van der Waals surface area contributed by atoms with Gasteiger partial charge in [-0.05, 0) is 47.1 Å². The van der Waals surface area contributed by atoms with Crippen LogP contribution >= 0.6 is 38.9 Å². The van der Waals surface area contributed by atoms with Gasteiger partial charge in [0.2, 0.25) is 10.0 Å². The lowest BCUT2D eigenvalue weighted by atomic mass is 10.2. The maximum Gasteiger partial charge on any atom is 0.238 e. The summed E-state index contributed by atoms with van der Waals surface area (Å²) in [5, 5.41) is 10.7. The van der Waals surface area contributed by atoms with E-state index in [0.29, 0.717) is 10.7 Å². The molecule has 0 radical (unpaired) electrons. The van der Waals surface area contributed by atoms with Crippen LogP contribution in [0.15, 0.2) is 39.0 Å². The fraction of sp³-hybridized carbons (Fsp3) is 0.167. The molecule has 2 aromatic rings. The minimum atomic E-state index is -3.74. The predicted molar refractivity (Wildman–Crippen MR) is 86.9 cm³/mol. The van der Waals surface area contributed by atoms with E-state index in [4.69, 9.17) is 16.7 Å². The van der Waals surface area contributed by atoms with Gasteiger partial charge in [0.1, 0.15) is 0 Å². The van der Waals surface area contributed by atoms with Gasteiger partial charge in [-0.3, -0.25) is 0 Å². The standard InChI is InChI=1S/C12H12BrClN2O2S2/c1-7(12-4-8(13)6-19-12)16-11-5-9(20(15,17)18)2-3-10(11)14/h2-7,16H,1H3,(H2,15,17,18). The third-order valence-electron chi connectivity index (χ3n) is 2.65. The second-order valence-corrected chi connectivity index (χ2v) is 8.05. The van der Waals surface area contributed by atoms with Crippen molar-refractivity contribution in [3.63, 3.8) is 0 Å². The van der Waals surface area contributed by atoms with Gasteiger partial charge in [0.05, 0.1) is 21.6 Å². The van der Waals surface area contributed by atoms with E-state index in [-0.39, 0.29) is 10.9 Å². The zero-order chi connectivity index (χ0) is 14.9. The molecule has 1 aromatic heterocycles. The highest BCUT2D eigenvalue weighted by Crippen LogP contribution is 2.31. The minimum absolute atomic E-state index is 0.000437. The van der Waals surface area contributed by atoms with Crippen LogP contribution in [0.5, 0.6) is 0 Å². The summed E-state index contributed by atoms with van der Waals surface area (Å²) < 4.78 is 23.7. The summed E-state index contributed by atoms with van der Waals surface area (Å²) in [6, 6.07) is 6.34. The Hall–Kier alpha value is -0.600. The molecule has 0 amide bonds. The Labute approximate surface area is 135 Å². The van der Waals surface area contributed by atoms with Crippen molar-refractivity contribution in [2.75, 3.05) is 5.32 Å². The molecule has 108 valence electrons. The van der Waals surface area contributed by atoms with Gasteiger partial charge in [0.15, 0.2) is 0 Å². The quantitative estimate of drug-likeness (QED) is 0.822. The molecule has 0 aliphatic heterocycles.